The molecule has 7 heteroatoms. The van der Waals surface area contributed by atoms with Crippen molar-refractivity contribution in [3.8, 4) is 5.75 Å². The summed E-state index contributed by atoms with van der Waals surface area (Å²) in [6.45, 7) is 1.99. The van der Waals surface area contributed by atoms with Crippen LogP contribution in [0.3, 0.4) is 0 Å². The van der Waals surface area contributed by atoms with Gasteiger partial charge < -0.3 is 10.1 Å². The van der Waals surface area contributed by atoms with Gasteiger partial charge in [-0.2, -0.15) is 0 Å². The van der Waals surface area contributed by atoms with Crippen molar-refractivity contribution in [1.82, 2.24) is 0 Å². The molecule has 6 nitrogen and oxygen atoms in total. The topological polar surface area (TPSA) is 75.7 Å². The standard InChI is InChI=1S/C29H21ClN2O4/c1-2-18-8-4-6-13-24(18)36-29(35)20-14-16-21(17-15-20)31-26-25(30)27(33)32(28(26)34)23-12-7-10-19-9-3-5-11-22(19)23/h3-17,31H,2H2,1H3. The van der Waals surface area contributed by atoms with Gasteiger partial charge in [0, 0.05) is 11.1 Å². The van der Waals surface area contributed by atoms with Gasteiger partial charge in [-0.25, -0.2) is 9.69 Å². The first kappa shape index (κ1) is 23.3. The summed E-state index contributed by atoms with van der Waals surface area (Å²) < 4.78 is 5.55. The van der Waals surface area contributed by atoms with Crippen molar-refractivity contribution in [2.45, 2.75) is 13.3 Å². The Morgan fingerprint density at radius 1 is 0.861 bits per heavy atom. The van der Waals surface area contributed by atoms with E-state index in [1.165, 1.54) is 0 Å². The summed E-state index contributed by atoms with van der Waals surface area (Å²) >= 11 is 6.30. The van der Waals surface area contributed by atoms with Crippen molar-refractivity contribution in [2.24, 2.45) is 0 Å². The lowest BCUT2D eigenvalue weighted by Crippen LogP contribution is -2.32. The minimum Gasteiger partial charge on any atom is -0.423 e. The molecule has 0 atom stereocenters. The Labute approximate surface area is 212 Å². The normalized spacial score (nSPS) is 13.4. The van der Waals surface area contributed by atoms with Crippen molar-refractivity contribution < 1.29 is 19.1 Å². The lowest BCUT2D eigenvalue weighted by Gasteiger charge is -2.17. The summed E-state index contributed by atoms with van der Waals surface area (Å²) in [6.07, 6.45) is 0.741. The van der Waals surface area contributed by atoms with Gasteiger partial charge in [-0.1, -0.05) is 73.1 Å². The molecule has 4 aromatic carbocycles. The van der Waals surface area contributed by atoms with E-state index in [4.69, 9.17) is 16.3 Å². The van der Waals surface area contributed by atoms with E-state index in [2.05, 4.69) is 5.32 Å². The number of hydrogen-bond donors (Lipinski definition) is 1. The van der Waals surface area contributed by atoms with Gasteiger partial charge >= 0.3 is 5.97 Å². The molecule has 0 bridgehead atoms. The van der Waals surface area contributed by atoms with Crippen molar-refractivity contribution in [1.29, 1.82) is 0 Å². The number of para-hydroxylation sites is 1. The Morgan fingerprint density at radius 2 is 1.56 bits per heavy atom. The predicted molar refractivity (Wildman–Crippen MR) is 140 cm³/mol. The van der Waals surface area contributed by atoms with Gasteiger partial charge in [-0.05, 0) is 53.8 Å². The number of nitrogens with zero attached hydrogens (tertiary/aromatic N) is 1. The molecule has 4 aromatic rings. The molecule has 0 saturated heterocycles. The molecule has 36 heavy (non-hydrogen) atoms. The molecule has 0 unspecified atom stereocenters. The zero-order chi connectivity index (χ0) is 25.2. The number of imide groups is 1. The second kappa shape index (κ2) is 9.68. The molecule has 2 amide bonds. The zero-order valence-corrected chi connectivity index (χ0v) is 20.1. The summed E-state index contributed by atoms with van der Waals surface area (Å²) in [4.78, 5) is 39.9. The number of amides is 2. The smallest absolute Gasteiger partial charge is 0.343 e. The lowest BCUT2D eigenvalue weighted by atomic mass is 10.1. The second-order valence-electron chi connectivity index (χ2n) is 8.19. The van der Waals surface area contributed by atoms with E-state index in [1.807, 2.05) is 55.5 Å². The van der Waals surface area contributed by atoms with Gasteiger partial charge in [0.05, 0.1) is 11.3 Å². The Kier molecular flexibility index (Phi) is 6.27. The average Bonchev–Trinajstić information content (AvgIpc) is 3.12. The maximum Gasteiger partial charge on any atom is 0.343 e. The monoisotopic (exact) mass is 496 g/mol. The summed E-state index contributed by atoms with van der Waals surface area (Å²) in [5, 5.41) is 4.40. The van der Waals surface area contributed by atoms with Crippen LogP contribution in [0.15, 0.2) is 102 Å². The highest BCUT2D eigenvalue weighted by Gasteiger charge is 2.39. The Bertz CT molecular complexity index is 1540. The zero-order valence-electron chi connectivity index (χ0n) is 19.3. The minimum atomic E-state index is -0.602. The number of aryl methyl sites for hydroxylation is 1. The number of carbonyl (C=O) groups excluding carboxylic acids is 3. The Morgan fingerprint density at radius 3 is 2.33 bits per heavy atom. The van der Waals surface area contributed by atoms with E-state index in [0.29, 0.717) is 22.7 Å². The van der Waals surface area contributed by atoms with Crippen LogP contribution in [0.4, 0.5) is 11.4 Å². The van der Waals surface area contributed by atoms with E-state index in [9.17, 15) is 14.4 Å². The molecular weight excluding hydrogens is 476 g/mol. The molecule has 1 heterocycles. The highest BCUT2D eigenvalue weighted by molar-refractivity contribution is 6.53. The van der Waals surface area contributed by atoms with Gasteiger partial charge in [0.15, 0.2) is 0 Å². The molecule has 0 saturated carbocycles. The molecule has 0 spiro atoms. The van der Waals surface area contributed by atoms with E-state index in [-0.39, 0.29) is 10.7 Å². The largest absolute Gasteiger partial charge is 0.423 e. The van der Waals surface area contributed by atoms with Crippen molar-refractivity contribution in [3.63, 3.8) is 0 Å². The van der Waals surface area contributed by atoms with Crippen LogP contribution < -0.4 is 15.0 Å². The fourth-order valence-corrected chi connectivity index (χ4v) is 4.33. The summed E-state index contributed by atoms with van der Waals surface area (Å²) in [6, 6.07) is 26.7. The fraction of sp³-hybridized carbons (Fsp3) is 0.0690. The number of fused-ring (bicyclic) bond motifs is 1. The maximum absolute atomic E-state index is 13.2. The van der Waals surface area contributed by atoms with Crippen LogP contribution in [-0.4, -0.2) is 17.8 Å². The third-order valence-corrected chi connectivity index (χ3v) is 6.33. The van der Waals surface area contributed by atoms with Crippen molar-refractivity contribution in [2.75, 3.05) is 10.2 Å². The number of esters is 1. The van der Waals surface area contributed by atoms with Crippen LogP contribution in [0.1, 0.15) is 22.8 Å². The number of benzene rings is 4. The molecular formula is C29H21ClN2O4. The highest BCUT2D eigenvalue weighted by Crippen LogP contribution is 2.34. The number of ether oxygens (including phenoxy) is 1. The Balaban J connectivity index is 1.35. The molecule has 1 aliphatic heterocycles. The predicted octanol–water partition coefficient (Wildman–Crippen LogP) is 6.06. The van der Waals surface area contributed by atoms with E-state index >= 15 is 0 Å². The molecule has 5 rings (SSSR count). The molecule has 0 radical (unpaired) electrons. The van der Waals surface area contributed by atoms with Crippen LogP contribution in [-0.2, 0) is 16.0 Å². The number of anilines is 2. The second-order valence-corrected chi connectivity index (χ2v) is 8.56. The molecule has 0 aliphatic carbocycles. The number of halogens is 1. The maximum atomic E-state index is 13.2. The summed E-state index contributed by atoms with van der Waals surface area (Å²) in [5.74, 6) is -1.13. The number of nitrogens with one attached hydrogen (secondary N) is 1. The third kappa shape index (κ3) is 4.23. The van der Waals surface area contributed by atoms with Gasteiger partial charge in [-0.15, -0.1) is 0 Å². The molecule has 0 aromatic heterocycles. The van der Waals surface area contributed by atoms with Crippen LogP contribution in [0, 0.1) is 0 Å². The van der Waals surface area contributed by atoms with E-state index in [0.717, 1.165) is 27.7 Å². The van der Waals surface area contributed by atoms with Crippen LogP contribution in [0.5, 0.6) is 5.75 Å². The summed E-state index contributed by atoms with van der Waals surface area (Å²) in [5.41, 5.74) is 2.21. The first-order valence-corrected chi connectivity index (χ1v) is 11.8. The first-order valence-electron chi connectivity index (χ1n) is 11.4. The molecule has 1 N–H and O–H groups in total. The van der Waals surface area contributed by atoms with Gasteiger partial charge in [0.25, 0.3) is 11.8 Å². The van der Waals surface area contributed by atoms with E-state index in [1.54, 1.807) is 42.5 Å². The van der Waals surface area contributed by atoms with Gasteiger partial charge in [0.1, 0.15) is 16.5 Å². The SMILES string of the molecule is CCc1ccccc1OC(=O)c1ccc(NC2=C(Cl)C(=O)N(c3cccc4ccccc34)C2=O)cc1. The van der Waals surface area contributed by atoms with Crippen LogP contribution in [0.2, 0.25) is 0 Å². The lowest BCUT2D eigenvalue weighted by molar-refractivity contribution is -0.120. The van der Waals surface area contributed by atoms with Crippen molar-refractivity contribution >= 4 is 51.5 Å². The molecule has 178 valence electrons. The average molecular weight is 497 g/mol. The van der Waals surface area contributed by atoms with Crippen molar-refractivity contribution in [3.05, 3.63) is 113 Å². The molecule has 0 fully saturated rings. The Hall–Kier alpha value is -4.42. The molecule has 1 aliphatic rings. The highest BCUT2D eigenvalue weighted by atomic mass is 35.5. The first-order chi connectivity index (χ1) is 17.5. The van der Waals surface area contributed by atoms with E-state index < -0.39 is 17.8 Å². The quantitative estimate of drug-likeness (QED) is 0.199. The van der Waals surface area contributed by atoms with Crippen LogP contribution >= 0.6 is 11.6 Å². The third-order valence-electron chi connectivity index (χ3n) is 5.98. The number of rotatable bonds is 6. The van der Waals surface area contributed by atoms with Gasteiger partial charge in [-0.3, -0.25) is 9.59 Å². The fourth-order valence-electron chi connectivity index (χ4n) is 4.12. The number of hydrogen-bond acceptors (Lipinski definition) is 5. The summed E-state index contributed by atoms with van der Waals surface area (Å²) in [7, 11) is 0. The van der Waals surface area contributed by atoms with Gasteiger partial charge in [0.2, 0.25) is 0 Å². The van der Waals surface area contributed by atoms with Crippen LogP contribution in [0.25, 0.3) is 10.8 Å². The minimum absolute atomic E-state index is 0.0261. The number of carbonyl (C=O) groups is 3.